The van der Waals surface area contributed by atoms with E-state index in [-0.39, 0.29) is 42.2 Å². The zero-order chi connectivity index (χ0) is 21.6. The number of aliphatic imine (C=N–C) groups is 1. The Bertz CT molecular complexity index is 822. The molecule has 9 heteroatoms. The van der Waals surface area contributed by atoms with Crippen molar-refractivity contribution in [3.05, 3.63) is 59.9 Å². The fraction of sp³-hybridized carbons (Fsp3) is 0.364. The van der Waals surface area contributed by atoms with E-state index in [4.69, 9.17) is 9.47 Å². The molecule has 0 heterocycles. The van der Waals surface area contributed by atoms with Crippen LogP contribution in [-0.2, 0) is 16.0 Å². The highest BCUT2D eigenvalue weighted by Gasteiger charge is 2.07. The Labute approximate surface area is 199 Å². The Hall–Kier alpha value is -2.40. The highest BCUT2D eigenvalue weighted by atomic mass is 127. The van der Waals surface area contributed by atoms with Gasteiger partial charge in [0.15, 0.2) is 17.5 Å². The average Bonchev–Trinajstić information content (AvgIpc) is 2.75. The first kappa shape index (κ1) is 26.6. The summed E-state index contributed by atoms with van der Waals surface area (Å²) in [5.41, 5.74) is 0.827. The number of methoxy groups -OCH3 is 1. The Kier molecular flexibility index (Phi) is 13.2. The number of amides is 1. The molecule has 170 valence electrons. The van der Waals surface area contributed by atoms with Crippen molar-refractivity contribution in [3.8, 4) is 11.5 Å². The maximum absolute atomic E-state index is 14.3. The van der Waals surface area contributed by atoms with Crippen LogP contribution in [0.2, 0.25) is 0 Å². The lowest BCUT2D eigenvalue weighted by Crippen LogP contribution is -2.39. The van der Waals surface area contributed by atoms with E-state index < -0.39 is 5.82 Å². The maximum Gasteiger partial charge on any atom is 0.241 e. The van der Waals surface area contributed by atoms with Crippen LogP contribution in [0.1, 0.15) is 12.5 Å². The van der Waals surface area contributed by atoms with E-state index in [1.807, 2.05) is 31.2 Å². The van der Waals surface area contributed by atoms with Gasteiger partial charge in [-0.2, -0.15) is 0 Å². The summed E-state index contributed by atoms with van der Waals surface area (Å²) in [5.74, 6) is 0.713. The highest BCUT2D eigenvalue weighted by molar-refractivity contribution is 14.0. The van der Waals surface area contributed by atoms with Crippen LogP contribution in [-0.4, -0.2) is 51.8 Å². The number of guanidine groups is 1. The lowest BCUT2D eigenvalue weighted by Gasteiger charge is -2.12. The Morgan fingerprint density at radius 2 is 1.84 bits per heavy atom. The molecule has 0 spiro atoms. The summed E-state index contributed by atoms with van der Waals surface area (Å²) in [6.45, 7) is 4.06. The molecule has 0 aliphatic rings. The van der Waals surface area contributed by atoms with Crippen LogP contribution in [0.5, 0.6) is 11.5 Å². The minimum atomic E-state index is -0.412. The highest BCUT2D eigenvalue weighted by Crippen LogP contribution is 2.24. The number of halogens is 2. The molecule has 0 aliphatic heterocycles. The van der Waals surface area contributed by atoms with E-state index in [0.717, 1.165) is 5.56 Å². The molecule has 0 aliphatic carbocycles. The van der Waals surface area contributed by atoms with Crippen LogP contribution in [0.25, 0.3) is 0 Å². The van der Waals surface area contributed by atoms with Crippen molar-refractivity contribution in [2.45, 2.75) is 13.3 Å². The van der Waals surface area contributed by atoms with E-state index >= 15 is 0 Å². The summed E-state index contributed by atoms with van der Waals surface area (Å²) in [7, 11) is 1.58. The summed E-state index contributed by atoms with van der Waals surface area (Å²) >= 11 is 0. The zero-order valence-electron chi connectivity index (χ0n) is 17.8. The molecule has 1 amide bonds. The van der Waals surface area contributed by atoms with Gasteiger partial charge in [-0.3, -0.25) is 4.79 Å². The van der Waals surface area contributed by atoms with Gasteiger partial charge in [-0.15, -0.1) is 24.0 Å². The van der Waals surface area contributed by atoms with Gasteiger partial charge in [0.2, 0.25) is 5.91 Å². The van der Waals surface area contributed by atoms with E-state index in [1.165, 1.54) is 6.07 Å². The second-order valence-corrected chi connectivity index (χ2v) is 6.39. The maximum atomic E-state index is 14.3. The van der Waals surface area contributed by atoms with Gasteiger partial charge >= 0.3 is 0 Å². The fourth-order valence-corrected chi connectivity index (χ4v) is 2.56. The Morgan fingerprint density at radius 3 is 2.52 bits per heavy atom. The zero-order valence-corrected chi connectivity index (χ0v) is 20.1. The molecule has 0 unspecified atom stereocenters. The molecule has 31 heavy (non-hydrogen) atoms. The van der Waals surface area contributed by atoms with Crippen molar-refractivity contribution in [1.29, 1.82) is 0 Å². The summed E-state index contributed by atoms with van der Waals surface area (Å²) < 4.78 is 24.8. The van der Waals surface area contributed by atoms with Gasteiger partial charge in [-0.05, 0) is 43.2 Å². The number of carbonyl (C=O) groups is 1. The van der Waals surface area contributed by atoms with Crippen molar-refractivity contribution >= 4 is 35.8 Å². The molecule has 2 rings (SSSR count). The molecule has 2 aromatic rings. The molecular formula is C22H30FIN4O3. The standard InChI is InChI=1S/C22H29FN4O3.HI/c1-3-24-22(27-16-21(28)25-13-14-29-2)26-12-11-17-9-10-20(19(23)15-17)30-18-7-5-4-6-8-18;/h4-10,15H,3,11-14,16H2,1-2H3,(H,25,28)(H2,24,26,27);1H. The molecule has 2 aromatic carbocycles. The molecule has 3 N–H and O–H groups in total. The summed E-state index contributed by atoms with van der Waals surface area (Å²) in [6.07, 6.45) is 0.590. The predicted molar refractivity (Wildman–Crippen MR) is 131 cm³/mol. The van der Waals surface area contributed by atoms with Crippen molar-refractivity contribution in [1.82, 2.24) is 16.0 Å². The lowest BCUT2D eigenvalue weighted by molar-refractivity contribution is -0.119. The fourth-order valence-electron chi connectivity index (χ4n) is 2.56. The largest absolute Gasteiger partial charge is 0.454 e. The normalized spacial score (nSPS) is 10.7. The summed E-state index contributed by atoms with van der Waals surface area (Å²) in [5, 5.41) is 8.94. The molecule has 0 bridgehead atoms. The molecule has 0 fully saturated rings. The van der Waals surface area contributed by atoms with Crippen molar-refractivity contribution < 1.29 is 18.7 Å². The number of para-hydroxylation sites is 1. The van der Waals surface area contributed by atoms with Crippen LogP contribution >= 0.6 is 24.0 Å². The number of benzene rings is 2. The first-order chi connectivity index (χ1) is 14.6. The first-order valence-electron chi connectivity index (χ1n) is 9.91. The van der Waals surface area contributed by atoms with Crippen molar-refractivity contribution in [2.24, 2.45) is 4.99 Å². The third-order valence-electron chi connectivity index (χ3n) is 4.03. The predicted octanol–water partition coefficient (Wildman–Crippen LogP) is 3.10. The van der Waals surface area contributed by atoms with Gasteiger partial charge in [0, 0.05) is 26.7 Å². The monoisotopic (exact) mass is 544 g/mol. The number of ether oxygens (including phenoxy) is 2. The quantitative estimate of drug-likeness (QED) is 0.175. The van der Waals surface area contributed by atoms with Gasteiger partial charge in [0.05, 0.1) is 6.61 Å². The number of hydrogen-bond donors (Lipinski definition) is 3. The second-order valence-electron chi connectivity index (χ2n) is 6.39. The van der Waals surface area contributed by atoms with E-state index in [9.17, 15) is 9.18 Å². The summed E-state index contributed by atoms with van der Waals surface area (Å²) in [4.78, 5) is 16.0. The van der Waals surface area contributed by atoms with E-state index in [0.29, 0.717) is 44.4 Å². The summed E-state index contributed by atoms with van der Waals surface area (Å²) in [6, 6.07) is 14.0. The minimum Gasteiger partial charge on any atom is -0.454 e. The average molecular weight is 544 g/mol. The minimum absolute atomic E-state index is 0. The van der Waals surface area contributed by atoms with Gasteiger partial charge in [0.1, 0.15) is 12.3 Å². The Balaban J connectivity index is 0.00000480. The van der Waals surface area contributed by atoms with E-state index in [2.05, 4.69) is 20.9 Å². The SMILES string of the molecule is CCNC(=NCC(=O)NCCOC)NCCc1ccc(Oc2ccccc2)c(F)c1.I. The first-order valence-corrected chi connectivity index (χ1v) is 9.91. The van der Waals surface area contributed by atoms with Gasteiger partial charge < -0.3 is 25.4 Å². The van der Waals surface area contributed by atoms with Crippen LogP contribution in [0.15, 0.2) is 53.5 Å². The number of nitrogens with one attached hydrogen (secondary N) is 3. The molecule has 7 nitrogen and oxygen atoms in total. The molecule has 0 atom stereocenters. The van der Waals surface area contributed by atoms with Gasteiger partial charge in [0.25, 0.3) is 0 Å². The molecule has 0 radical (unpaired) electrons. The smallest absolute Gasteiger partial charge is 0.241 e. The third kappa shape index (κ3) is 10.5. The number of rotatable bonds is 11. The lowest BCUT2D eigenvalue weighted by atomic mass is 10.1. The van der Waals surface area contributed by atoms with Crippen LogP contribution in [0.4, 0.5) is 4.39 Å². The molecule has 0 saturated heterocycles. The Morgan fingerprint density at radius 1 is 1.06 bits per heavy atom. The topological polar surface area (TPSA) is 84.0 Å². The van der Waals surface area contributed by atoms with Gasteiger partial charge in [-0.25, -0.2) is 9.38 Å². The second kappa shape index (κ2) is 15.4. The van der Waals surface area contributed by atoms with Crippen LogP contribution < -0.4 is 20.7 Å². The van der Waals surface area contributed by atoms with Crippen LogP contribution in [0.3, 0.4) is 0 Å². The van der Waals surface area contributed by atoms with E-state index in [1.54, 1.807) is 25.3 Å². The number of carbonyl (C=O) groups excluding carboxylic acids is 1. The molecular weight excluding hydrogens is 514 g/mol. The van der Waals surface area contributed by atoms with Crippen molar-refractivity contribution in [2.75, 3.05) is 39.9 Å². The van der Waals surface area contributed by atoms with Crippen molar-refractivity contribution in [3.63, 3.8) is 0 Å². The third-order valence-corrected chi connectivity index (χ3v) is 4.03. The molecule has 0 aromatic heterocycles. The van der Waals surface area contributed by atoms with Gasteiger partial charge in [-0.1, -0.05) is 24.3 Å². The van der Waals surface area contributed by atoms with Crippen LogP contribution in [0, 0.1) is 5.82 Å². The number of nitrogens with zero attached hydrogens (tertiary/aromatic N) is 1. The molecule has 0 saturated carbocycles. The number of hydrogen-bond acceptors (Lipinski definition) is 4.